The van der Waals surface area contributed by atoms with Gasteiger partial charge in [0.25, 0.3) is 0 Å². The van der Waals surface area contributed by atoms with Crippen molar-refractivity contribution >= 4 is 24.8 Å². The zero-order valence-electron chi connectivity index (χ0n) is 23.3. The molecule has 0 saturated carbocycles. The van der Waals surface area contributed by atoms with Gasteiger partial charge < -0.3 is 24.8 Å². The zero-order valence-corrected chi connectivity index (χ0v) is 27.3. The van der Waals surface area contributed by atoms with Gasteiger partial charge in [-0.1, -0.05) is 86.3 Å². The summed E-state index contributed by atoms with van der Waals surface area (Å²) in [5.74, 6) is 0.587. The summed E-state index contributed by atoms with van der Waals surface area (Å²) in [6, 6.07) is 11.6. The van der Waals surface area contributed by atoms with E-state index in [1.807, 2.05) is 0 Å². The number of fused-ring (bicyclic) bond motifs is 3. The van der Waals surface area contributed by atoms with Crippen LogP contribution in [0.4, 0.5) is 0 Å². The van der Waals surface area contributed by atoms with Gasteiger partial charge in [0, 0.05) is 0 Å². The Morgan fingerprint density at radius 1 is 0.857 bits per heavy atom. The number of benzene rings is 2. The van der Waals surface area contributed by atoms with Crippen molar-refractivity contribution in [3.63, 3.8) is 0 Å². The Hall–Kier alpha value is -0.877. The molecule has 190 valence electrons. The molecule has 0 N–H and O–H groups in total. The molecule has 0 spiro atoms. The second kappa shape index (κ2) is 14.8. The average Bonchev–Trinajstić information content (AvgIpc) is 3.28. The maximum Gasteiger partial charge on any atom is -0.0408 e. The summed E-state index contributed by atoms with van der Waals surface area (Å²) in [5, 5.41) is 5.53. The van der Waals surface area contributed by atoms with Gasteiger partial charge in [0.15, 0.2) is 0 Å². The summed E-state index contributed by atoms with van der Waals surface area (Å²) in [6.45, 7) is 22.0. The number of halogens is 2. The molecule has 35 heavy (non-hydrogen) atoms. The number of rotatable bonds is 2. The normalized spacial score (nSPS) is 14.3. The van der Waals surface area contributed by atoms with E-state index in [-0.39, 0.29) is 24.8 Å². The fourth-order valence-electron chi connectivity index (χ4n) is 4.00. The van der Waals surface area contributed by atoms with E-state index in [0.29, 0.717) is 11.3 Å². The summed E-state index contributed by atoms with van der Waals surface area (Å²) in [4.78, 5) is 0. The molecule has 0 fully saturated rings. The van der Waals surface area contributed by atoms with Crippen molar-refractivity contribution in [2.75, 3.05) is 0 Å². The second-order valence-corrected chi connectivity index (χ2v) is 13.2. The molecule has 0 radical (unpaired) electrons. The van der Waals surface area contributed by atoms with Crippen LogP contribution in [-0.4, -0.2) is 3.21 Å². The van der Waals surface area contributed by atoms with Crippen LogP contribution in [0.2, 0.25) is 0 Å². The minimum absolute atomic E-state index is 0. The van der Waals surface area contributed by atoms with Gasteiger partial charge in [-0.05, 0) is 27.7 Å². The molecule has 1 unspecified atom stereocenters. The molecular weight excluding hydrogens is 546 g/mol. The number of hydrogen-bond donors (Lipinski definition) is 0. The molecule has 0 aromatic heterocycles. The number of allylic oxidation sites excluding steroid dienone is 4. The predicted octanol–water partition coefficient (Wildman–Crippen LogP) is 3.45. The Morgan fingerprint density at radius 2 is 1.26 bits per heavy atom. The van der Waals surface area contributed by atoms with Gasteiger partial charge in [-0.3, -0.25) is 6.08 Å². The van der Waals surface area contributed by atoms with Crippen LogP contribution in [0.1, 0.15) is 76.6 Å². The van der Waals surface area contributed by atoms with Gasteiger partial charge in [0.05, 0.1) is 0 Å². The first-order valence-electron chi connectivity index (χ1n) is 12.2. The first-order chi connectivity index (χ1) is 15.3. The Labute approximate surface area is 242 Å². The number of hydrogen-bond acceptors (Lipinski definition) is 0. The van der Waals surface area contributed by atoms with E-state index >= 15 is 0 Å². The molecule has 0 bridgehead atoms. The van der Waals surface area contributed by atoms with Crippen LogP contribution >= 0.6 is 0 Å². The van der Waals surface area contributed by atoms with Crippen molar-refractivity contribution in [3.8, 4) is 0 Å². The van der Waals surface area contributed by atoms with Crippen molar-refractivity contribution in [1.82, 2.24) is 0 Å². The predicted molar refractivity (Wildman–Crippen MR) is 146 cm³/mol. The summed E-state index contributed by atoms with van der Waals surface area (Å²) >= 11 is 1.55. The molecule has 1 aliphatic rings. The van der Waals surface area contributed by atoms with E-state index in [1.54, 1.807) is 24.2 Å². The van der Waals surface area contributed by atoms with Crippen LogP contribution < -0.4 is 24.8 Å². The Kier molecular flexibility index (Phi) is 14.4. The Balaban J connectivity index is 0.000000569. The van der Waals surface area contributed by atoms with Crippen LogP contribution in [0.25, 0.3) is 21.5 Å². The smallest absolute Gasteiger partial charge is 0.0408 e. The minimum atomic E-state index is 0. The van der Waals surface area contributed by atoms with E-state index < -0.39 is 0 Å². The van der Waals surface area contributed by atoms with E-state index in [1.165, 1.54) is 65.4 Å². The van der Waals surface area contributed by atoms with Gasteiger partial charge in [0.1, 0.15) is 0 Å². The average molecular weight is 589 g/mol. The molecular formula is C32H42Cl2Zr-2. The molecule has 3 heteroatoms. The molecule has 3 aromatic carbocycles. The fourth-order valence-corrected chi connectivity index (χ4v) is 4.00. The Morgan fingerprint density at radius 3 is 1.60 bits per heavy atom. The van der Waals surface area contributed by atoms with Gasteiger partial charge in [-0.15, -0.1) is 39.7 Å². The number of aryl methyl sites for hydroxylation is 4. The molecule has 0 nitrogen and oxygen atoms in total. The first-order valence-corrected chi connectivity index (χ1v) is 13.5. The summed E-state index contributed by atoms with van der Waals surface area (Å²) in [7, 11) is 0. The molecule has 3 aromatic rings. The van der Waals surface area contributed by atoms with Gasteiger partial charge in [0.2, 0.25) is 0 Å². The van der Waals surface area contributed by atoms with Crippen molar-refractivity contribution in [2.24, 2.45) is 11.3 Å². The van der Waals surface area contributed by atoms with Crippen molar-refractivity contribution in [1.29, 1.82) is 0 Å². The van der Waals surface area contributed by atoms with E-state index in [4.69, 9.17) is 0 Å². The van der Waals surface area contributed by atoms with Crippen LogP contribution in [-0.2, 0) is 24.2 Å². The quantitative estimate of drug-likeness (QED) is 0.403. The summed E-state index contributed by atoms with van der Waals surface area (Å²) < 4.78 is 1.51. The monoisotopic (exact) mass is 586 g/mol. The third kappa shape index (κ3) is 9.83. The molecule has 0 heterocycles. The van der Waals surface area contributed by atoms with Gasteiger partial charge in [-0.2, -0.15) is 11.6 Å². The van der Waals surface area contributed by atoms with Gasteiger partial charge >= 0.3 is 41.3 Å². The van der Waals surface area contributed by atoms with Crippen LogP contribution in [0, 0.1) is 45.1 Å². The third-order valence-electron chi connectivity index (χ3n) is 6.23. The molecule has 1 atom stereocenters. The maximum absolute atomic E-state index is 3.40. The molecule has 0 aliphatic heterocycles. The first kappa shape index (κ1) is 34.1. The largest absolute Gasteiger partial charge is 1.00 e. The van der Waals surface area contributed by atoms with E-state index in [0.717, 1.165) is 0 Å². The van der Waals surface area contributed by atoms with E-state index in [2.05, 4.69) is 118 Å². The Bertz CT molecular complexity index is 1120. The standard InChI is InChI=1S/C17H17.C12H19.C3H6.2ClH.Zr/c1-10-5-14-9-15-6-11(2)13(4)8-17(15)16(14)7-12(10)3;1-5-6-10-7-8-11(9-10)12(2,3)4;1-3-2;;;/h5-9H,1-4H3;8-10H,5-6H2,1-4H3;1-2H3;2*1H;/q2*-1;;;;+2/p-2. The van der Waals surface area contributed by atoms with Crippen LogP contribution in [0.3, 0.4) is 0 Å². The maximum atomic E-state index is 3.40. The van der Waals surface area contributed by atoms with Crippen LogP contribution in [0.5, 0.6) is 0 Å². The third-order valence-corrected chi connectivity index (χ3v) is 6.23. The summed E-state index contributed by atoms with van der Waals surface area (Å²) in [6.07, 6.45) is 10.4. The molecule has 4 rings (SSSR count). The molecule has 0 amide bonds. The second-order valence-electron chi connectivity index (χ2n) is 10.8. The van der Waals surface area contributed by atoms with Crippen molar-refractivity contribution in [3.05, 3.63) is 76.4 Å². The van der Waals surface area contributed by atoms with Crippen molar-refractivity contribution in [2.45, 2.75) is 82.1 Å². The molecule has 1 aliphatic carbocycles. The minimum Gasteiger partial charge on any atom is -1.00 e. The van der Waals surface area contributed by atoms with Gasteiger partial charge in [-0.25, -0.2) is 6.08 Å². The summed E-state index contributed by atoms with van der Waals surface area (Å²) in [5.41, 5.74) is 7.25. The topological polar surface area (TPSA) is 0 Å². The van der Waals surface area contributed by atoms with E-state index in [9.17, 15) is 0 Å². The molecule has 0 saturated heterocycles. The zero-order chi connectivity index (χ0) is 24.9. The van der Waals surface area contributed by atoms with Crippen LogP contribution in [0.15, 0.2) is 48.1 Å². The fraction of sp³-hybridized carbons (Fsp3) is 0.438. The SMILES string of the molecule is CCCC1[C-]=CC(C(C)(C)C)=C1.C[C](C)=[Zr+2].Cc1cc2[cH-]c3cc(C)c(C)cc3c2cc1C.[Cl-].[Cl-]. The van der Waals surface area contributed by atoms with Crippen molar-refractivity contribution < 1.29 is 49.0 Å².